The van der Waals surface area contributed by atoms with Crippen LogP contribution in [0.2, 0.25) is 0 Å². The SMILES string of the molecule is CCCN(Cc1c(OC)cc(OC)cc1OC)C(=O)C(C)(C)Br. The number of ether oxygens (including phenoxy) is 3. The highest BCUT2D eigenvalue weighted by atomic mass is 79.9. The van der Waals surface area contributed by atoms with Crippen molar-refractivity contribution < 1.29 is 19.0 Å². The Morgan fingerprint density at radius 2 is 1.65 bits per heavy atom. The zero-order valence-electron chi connectivity index (χ0n) is 14.7. The molecule has 0 fully saturated rings. The van der Waals surface area contributed by atoms with E-state index < -0.39 is 4.32 Å². The number of hydrogen-bond acceptors (Lipinski definition) is 4. The number of amides is 1. The highest BCUT2D eigenvalue weighted by Gasteiger charge is 2.30. The van der Waals surface area contributed by atoms with Gasteiger partial charge < -0.3 is 19.1 Å². The molecule has 0 saturated carbocycles. The fraction of sp³-hybridized carbons (Fsp3) is 0.588. The van der Waals surface area contributed by atoms with Gasteiger partial charge in [0.25, 0.3) is 0 Å². The molecule has 1 rings (SSSR count). The molecule has 0 atom stereocenters. The van der Waals surface area contributed by atoms with E-state index in [1.807, 2.05) is 25.7 Å². The zero-order valence-corrected chi connectivity index (χ0v) is 16.3. The van der Waals surface area contributed by atoms with E-state index in [1.165, 1.54) is 0 Å². The van der Waals surface area contributed by atoms with E-state index in [9.17, 15) is 4.79 Å². The van der Waals surface area contributed by atoms with Crippen LogP contribution in [-0.2, 0) is 11.3 Å². The van der Waals surface area contributed by atoms with Gasteiger partial charge in [0.1, 0.15) is 17.2 Å². The summed E-state index contributed by atoms with van der Waals surface area (Å²) in [5.74, 6) is 1.96. The molecule has 1 aromatic rings. The van der Waals surface area contributed by atoms with Crippen LogP contribution in [0.15, 0.2) is 12.1 Å². The summed E-state index contributed by atoms with van der Waals surface area (Å²) in [4.78, 5) is 14.5. The molecule has 0 aromatic heterocycles. The summed E-state index contributed by atoms with van der Waals surface area (Å²) in [5, 5.41) is 0. The average molecular weight is 388 g/mol. The number of carbonyl (C=O) groups excluding carboxylic acids is 1. The molecule has 1 amide bonds. The van der Waals surface area contributed by atoms with E-state index in [0.717, 1.165) is 12.0 Å². The number of rotatable bonds is 8. The first-order valence-electron chi connectivity index (χ1n) is 7.55. The highest BCUT2D eigenvalue weighted by molar-refractivity contribution is 9.10. The van der Waals surface area contributed by atoms with Crippen LogP contribution in [0.25, 0.3) is 0 Å². The van der Waals surface area contributed by atoms with E-state index in [1.54, 1.807) is 33.5 Å². The molecule has 23 heavy (non-hydrogen) atoms. The number of carbonyl (C=O) groups is 1. The summed E-state index contributed by atoms with van der Waals surface area (Å²) in [6.45, 7) is 6.81. The van der Waals surface area contributed by atoms with Crippen LogP contribution >= 0.6 is 15.9 Å². The number of hydrogen-bond donors (Lipinski definition) is 0. The molecule has 0 saturated heterocycles. The Bertz CT molecular complexity index is 515. The minimum Gasteiger partial charge on any atom is -0.496 e. The van der Waals surface area contributed by atoms with Gasteiger partial charge in [0.05, 0.1) is 37.8 Å². The molecule has 5 nitrogen and oxygen atoms in total. The fourth-order valence-corrected chi connectivity index (χ4v) is 2.57. The second kappa shape index (κ2) is 8.43. The Hall–Kier alpha value is -1.43. The minimum absolute atomic E-state index is 0.0271. The third kappa shape index (κ3) is 5.03. The van der Waals surface area contributed by atoms with Gasteiger partial charge in [-0.15, -0.1) is 0 Å². The second-order valence-electron chi connectivity index (χ2n) is 5.71. The van der Waals surface area contributed by atoms with Crippen LogP contribution in [0.3, 0.4) is 0 Å². The van der Waals surface area contributed by atoms with Crippen molar-refractivity contribution in [1.29, 1.82) is 0 Å². The summed E-state index contributed by atoms with van der Waals surface area (Å²) in [6, 6.07) is 3.59. The molecule has 0 spiro atoms. The minimum atomic E-state index is -0.616. The van der Waals surface area contributed by atoms with Crippen molar-refractivity contribution in [2.45, 2.75) is 38.1 Å². The van der Waals surface area contributed by atoms with Crippen LogP contribution in [0.4, 0.5) is 0 Å². The van der Waals surface area contributed by atoms with Crippen molar-refractivity contribution >= 4 is 21.8 Å². The van der Waals surface area contributed by atoms with E-state index in [2.05, 4.69) is 15.9 Å². The predicted molar refractivity (Wildman–Crippen MR) is 94.8 cm³/mol. The van der Waals surface area contributed by atoms with Crippen LogP contribution in [0.1, 0.15) is 32.8 Å². The van der Waals surface area contributed by atoms with E-state index >= 15 is 0 Å². The maximum atomic E-state index is 12.7. The molecule has 6 heteroatoms. The van der Waals surface area contributed by atoms with Crippen molar-refractivity contribution in [2.24, 2.45) is 0 Å². The maximum absolute atomic E-state index is 12.7. The van der Waals surface area contributed by atoms with Crippen LogP contribution in [0, 0.1) is 0 Å². The molecule has 0 unspecified atom stereocenters. The van der Waals surface area contributed by atoms with Crippen molar-refractivity contribution in [3.63, 3.8) is 0 Å². The Morgan fingerprint density at radius 3 is 2.00 bits per heavy atom. The number of alkyl halides is 1. The van der Waals surface area contributed by atoms with E-state index in [4.69, 9.17) is 14.2 Å². The first kappa shape index (κ1) is 19.6. The second-order valence-corrected chi connectivity index (χ2v) is 7.69. The Kier molecular flexibility index (Phi) is 7.19. The summed E-state index contributed by atoms with van der Waals surface area (Å²) in [6.07, 6.45) is 0.871. The molecule has 1 aromatic carbocycles. The number of benzene rings is 1. The molecular formula is C17H26BrNO4. The molecule has 0 aliphatic rings. The quantitative estimate of drug-likeness (QED) is 0.639. The van der Waals surface area contributed by atoms with Crippen LogP contribution in [0.5, 0.6) is 17.2 Å². The van der Waals surface area contributed by atoms with Gasteiger partial charge in [-0.05, 0) is 20.3 Å². The van der Waals surface area contributed by atoms with Gasteiger partial charge in [-0.25, -0.2) is 0 Å². The van der Waals surface area contributed by atoms with Crippen molar-refractivity contribution in [3.05, 3.63) is 17.7 Å². The van der Waals surface area contributed by atoms with Gasteiger partial charge in [-0.3, -0.25) is 4.79 Å². The summed E-state index contributed by atoms with van der Waals surface area (Å²) in [5.41, 5.74) is 0.828. The van der Waals surface area contributed by atoms with Crippen molar-refractivity contribution in [2.75, 3.05) is 27.9 Å². The monoisotopic (exact) mass is 387 g/mol. The van der Waals surface area contributed by atoms with Crippen molar-refractivity contribution in [1.82, 2.24) is 4.90 Å². The fourth-order valence-electron chi connectivity index (χ4n) is 2.32. The Morgan fingerprint density at radius 1 is 1.13 bits per heavy atom. The largest absolute Gasteiger partial charge is 0.496 e. The molecule has 0 bridgehead atoms. The summed E-state index contributed by atoms with van der Waals surface area (Å²) >= 11 is 3.45. The van der Waals surface area contributed by atoms with E-state index in [-0.39, 0.29) is 5.91 Å². The highest BCUT2D eigenvalue weighted by Crippen LogP contribution is 2.35. The van der Waals surface area contributed by atoms with Gasteiger partial charge >= 0.3 is 0 Å². The summed E-state index contributed by atoms with van der Waals surface area (Å²) < 4.78 is 15.6. The molecule has 0 heterocycles. The normalized spacial score (nSPS) is 11.1. The molecule has 0 radical (unpaired) electrons. The smallest absolute Gasteiger partial charge is 0.239 e. The standard InChI is InChI=1S/C17H26BrNO4/c1-7-8-19(16(20)17(2,3)18)11-13-14(22-5)9-12(21-4)10-15(13)23-6/h9-10H,7-8,11H2,1-6H3. The number of nitrogens with zero attached hydrogens (tertiary/aromatic N) is 1. The lowest BCUT2D eigenvalue weighted by atomic mass is 10.1. The van der Waals surface area contributed by atoms with Crippen molar-refractivity contribution in [3.8, 4) is 17.2 Å². The van der Waals surface area contributed by atoms with Crippen LogP contribution < -0.4 is 14.2 Å². The Balaban J connectivity index is 3.24. The zero-order chi connectivity index (χ0) is 17.6. The van der Waals surface area contributed by atoms with Crippen LogP contribution in [-0.4, -0.2) is 43.0 Å². The number of halogens is 1. The average Bonchev–Trinajstić information content (AvgIpc) is 2.52. The lowest BCUT2D eigenvalue weighted by Gasteiger charge is -2.29. The van der Waals surface area contributed by atoms with Gasteiger partial charge in [-0.1, -0.05) is 22.9 Å². The van der Waals surface area contributed by atoms with Gasteiger partial charge in [0.15, 0.2) is 0 Å². The maximum Gasteiger partial charge on any atom is 0.239 e. The Labute approximate surface area is 147 Å². The predicted octanol–water partition coefficient (Wildman–Crippen LogP) is 3.62. The molecule has 0 N–H and O–H groups in total. The molecule has 0 aliphatic carbocycles. The molecule has 0 aliphatic heterocycles. The molecular weight excluding hydrogens is 362 g/mol. The number of methoxy groups -OCH3 is 3. The van der Waals surface area contributed by atoms with Gasteiger partial charge in [0.2, 0.25) is 5.91 Å². The summed E-state index contributed by atoms with van der Waals surface area (Å²) in [7, 11) is 4.78. The topological polar surface area (TPSA) is 48.0 Å². The third-order valence-electron chi connectivity index (χ3n) is 3.46. The lowest BCUT2D eigenvalue weighted by Crippen LogP contribution is -2.41. The first-order valence-corrected chi connectivity index (χ1v) is 8.34. The van der Waals surface area contributed by atoms with Gasteiger partial charge in [-0.2, -0.15) is 0 Å². The first-order chi connectivity index (χ1) is 10.8. The molecule has 130 valence electrons. The van der Waals surface area contributed by atoms with Gasteiger partial charge in [0, 0.05) is 18.7 Å². The lowest BCUT2D eigenvalue weighted by molar-refractivity contribution is -0.133. The van der Waals surface area contributed by atoms with E-state index in [0.29, 0.717) is 30.3 Å². The third-order valence-corrected chi connectivity index (χ3v) is 3.79.